The Kier molecular flexibility index (Phi) is 3.62. The summed E-state index contributed by atoms with van der Waals surface area (Å²) in [7, 11) is 0. The largest absolute Gasteiger partial charge is 0.406 e. The van der Waals surface area contributed by atoms with Crippen LogP contribution in [0.1, 0.15) is 18.0 Å². The molecule has 8 heteroatoms. The third-order valence-electron chi connectivity index (χ3n) is 3.91. The van der Waals surface area contributed by atoms with E-state index in [4.69, 9.17) is 0 Å². The van der Waals surface area contributed by atoms with Crippen molar-refractivity contribution in [3.63, 3.8) is 0 Å². The first-order valence-corrected chi connectivity index (χ1v) is 7.09. The van der Waals surface area contributed by atoms with Gasteiger partial charge >= 0.3 is 6.18 Å². The summed E-state index contributed by atoms with van der Waals surface area (Å²) in [6.45, 7) is 0.501. The molecule has 2 aromatic rings. The van der Waals surface area contributed by atoms with Crippen LogP contribution in [-0.2, 0) is 4.79 Å². The van der Waals surface area contributed by atoms with Crippen molar-refractivity contribution in [2.75, 3.05) is 13.1 Å². The minimum atomic E-state index is -4.45. The van der Waals surface area contributed by atoms with Gasteiger partial charge in [-0.05, 0) is 25.5 Å². The Morgan fingerprint density at radius 3 is 2.74 bits per heavy atom. The molecule has 1 fully saturated rings. The minimum absolute atomic E-state index is 0.0265. The first-order valence-electron chi connectivity index (χ1n) is 7.09. The Hall–Kier alpha value is -2.38. The second-order valence-electron chi connectivity index (χ2n) is 5.66. The normalized spacial score (nSPS) is 18.9. The summed E-state index contributed by atoms with van der Waals surface area (Å²) in [6, 6.07) is 4.24. The molecule has 5 nitrogen and oxygen atoms in total. The van der Waals surface area contributed by atoms with Gasteiger partial charge in [-0.15, -0.1) is 0 Å². The maximum atomic E-state index is 12.5. The zero-order valence-electron chi connectivity index (χ0n) is 12.3. The molecule has 3 rings (SSSR count). The lowest BCUT2D eigenvalue weighted by molar-refractivity contribution is -0.158. The number of carbonyl (C=O) groups is 1. The van der Waals surface area contributed by atoms with E-state index in [2.05, 4.69) is 4.98 Å². The summed E-state index contributed by atoms with van der Waals surface area (Å²) in [5.41, 5.74) is 0.950. The van der Waals surface area contributed by atoms with Crippen molar-refractivity contribution < 1.29 is 18.0 Å². The highest BCUT2D eigenvalue weighted by atomic mass is 19.4. The fourth-order valence-corrected chi connectivity index (χ4v) is 2.83. The molecule has 0 N–H and O–H groups in total. The molecule has 0 aliphatic carbocycles. The number of fused-ring (bicyclic) bond motifs is 1. The van der Waals surface area contributed by atoms with Crippen molar-refractivity contribution >= 4 is 16.8 Å². The van der Waals surface area contributed by atoms with E-state index in [-0.39, 0.29) is 13.0 Å². The van der Waals surface area contributed by atoms with Gasteiger partial charge in [0.05, 0.1) is 17.2 Å². The number of hydrogen-bond acceptors (Lipinski definition) is 3. The fraction of sp³-hybridized carbons (Fsp3) is 0.400. The molecular formula is C15H14F3N3O2. The van der Waals surface area contributed by atoms with Gasteiger partial charge in [0.1, 0.15) is 12.6 Å². The highest BCUT2D eigenvalue weighted by Gasteiger charge is 2.40. The summed E-state index contributed by atoms with van der Waals surface area (Å²) in [5.74, 6) is -0.696. The van der Waals surface area contributed by atoms with E-state index in [1.54, 1.807) is 12.1 Å². The van der Waals surface area contributed by atoms with E-state index in [9.17, 15) is 22.8 Å². The summed E-state index contributed by atoms with van der Waals surface area (Å²) in [6.07, 6.45) is -3.05. The van der Waals surface area contributed by atoms with Crippen molar-refractivity contribution in [1.82, 2.24) is 14.5 Å². The zero-order chi connectivity index (χ0) is 16.8. The monoisotopic (exact) mass is 325 g/mol. The molecule has 2 heterocycles. The molecule has 0 bridgehead atoms. The van der Waals surface area contributed by atoms with E-state index in [1.165, 1.54) is 6.33 Å². The highest BCUT2D eigenvalue weighted by molar-refractivity contribution is 5.83. The van der Waals surface area contributed by atoms with Crippen molar-refractivity contribution in [2.45, 2.75) is 25.6 Å². The van der Waals surface area contributed by atoms with E-state index in [0.717, 1.165) is 15.0 Å². The molecule has 1 aliphatic rings. The first-order chi connectivity index (χ1) is 10.8. The van der Waals surface area contributed by atoms with Gasteiger partial charge in [0.25, 0.3) is 5.56 Å². The second kappa shape index (κ2) is 5.36. The number of nitrogens with zero attached hydrogens (tertiary/aromatic N) is 3. The van der Waals surface area contributed by atoms with E-state index >= 15 is 0 Å². The summed E-state index contributed by atoms with van der Waals surface area (Å²) in [4.78, 5) is 29.6. The van der Waals surface area contributed by atoms with Gasteiger partial charge in [-0.25, -0.2) is 4.98 Å². The maximum Gasteiger partial charge on any atom is 0.406 e. The predicted molar refractivity (Wildman–Crippen MR) is 77.0 cm³/mol. The summed E-state index contributed by atoms with van der Waals surface area (Å²) >= 11 is 0. The number of aromatic nitrogens is 2. The van der Waals surface area contributed by atoms with E-state index in [1.807, 2.05) is 13.0 Å². The Bertz CT molecular complexity index is 829. The number of benzene rings is 1. The molecule has 23 heavy (non-hydrogen) atoms. The third kappa shape index (κ3) is 2.93. The Labute approximate surface area is 129 Å². The van der Waals surface area contributed by atoms with E-state index < -0.39 is 30.2 Å². The number of hydrogen-bond donors (Lipinski definition) is 0. The Morgan fingerprint density at radius 1 is 1.30 bits per heavy atom. The van der Waals surface area contributed by atoms with Gasteiger partial charge in [0.2, 0.25) is 5.91 Å². The minimum Gasteiger partial charge on any atom is -0.332 e. The number of likely N-dealkylation sites (tertiary alicyclic amines) is 1. The SMILES string of the molecule is Cc1ccc2ncn(C3CCN(CC(F)(F)F)C3=O)c(=O)c2c1. The highest BCUT2D eigenvalue weighted by Crippen LogP contribution is 2.26. The molecule has 1 unspecified atom stereocenters. The van der Waals surface area contributed by atoms with Crippen LogP contribution in [0.3, 0.4) is 0 Å². The van der Waals surface area contributed by atoms with Crippen LogP contribution in [-0.4, -0.2) is 39.6 Å². The van der Waals surface area contributed by atoms with Crippen LogP contribution in [0.15, 0.2) is 29.3 Å². The third-order valence-corrected chi connectivity index (χ3v) is 3.91. The standard InChI is InChI=1S/C15H14F3N3O2/c1-9-2-3-11-10(6-9)13(22)21(8-19-11)12-4-5-20(14(12)23)7-15(16,17)18/h2-3,6,8,12H,4-5,7H2,1H3. The quantitative estimate of drug-likeness (QED) is 0.849. The average molecular weight is 325 g/mol. The summed E-state index contributed by atoms with van der Waals surface area (Å²) in [5, 5.41) is 0.356. The van der Waals surface area contributed by atoms with Gasteiger partial charge < -0.3 is 4.90 Å². The summed E-state index contributed by atoms with van der Waals surface area (Å²) < 4.78 is 38.5. The lowest BCUT2D eigenvalue weighted by Crippen LogP contribution is -2.38. The number of carbonyl (C=O) groups excluding carboxylic acids is 1. The Morgan fingerprint density at radius 2 is 2.04 bits per heavy atom. The van der Waals surface area contributed by atoms with Crippen LogP contribution in [0.2, 0.25) is 0 Å². The van der Waals surface area contributed by atoms with E-state index in [0.29, 0.717) is 10.9 Å². The van der Waals surface area contributed by atoms with Gasteiger partial charge in [-0.1, -0.05) is 11.6 Å². The van der Waals surface area contributed by atoms with Gasteiger partial charge in [-0.2, -0.15) is 13.2 Å². The molecule has 1 amide bonds. The number of aryl methyl sites for hydroxylation is 1. The fourth-order valence-electron chi connectivity index (χ4n) is 2.83. The number of rotatable bonds is 2. The Balaban J connectivity index is 1.97. The topological polar surface area (TPSA) is 55.2 Å². The molecule has 1 saturated heterocycles. The number of halogens is 3. The van der Waals surface area contributed by atoms with Crippen LogP contribution < -0.4 is 5.56 Å². The van der Waals surface area contributed by atoms with Crippen molar-refractivity contribution in [3.8, 4) is 0 Å². The van der Waals surface area contributed by atoms with Gasteiger partial charge in [0.15, 0.2) is 0 Å². The number of amides is 1. The van der Waals surface area contributed by atoms with Gasteiger partial charge in [0, 0.05) is 6.54 Å². The lowest BCUT2D eigenvalue weighted by Gasteiger charge is -2.19. The van der Waals surface area contributed by atoms with Crippen molar-refractivity contribution in [3.05, 3.63) is 40.4 Å². The second-order valence-corrected chi connectivity index (χ2v) is 5.66. The molecule has 122 valence electrons. The van der Waals surface area contributed by atoms with Crippen molar-refractivity contribution in [1.29, 1.82) is 0 Å². The lowest BCUT2D eigenvalue weighted by atomic mass is 10.1. The molecule has 1 aromatic heterocycles. The molecule has 1 aliphatic heterocycles. The average Bonchev–Trinajstić information content (AvgIpc) is 2.80. The van der Waals surface area contributed by atoms with Gasteiger partial charge in [-0.3, -0.25) is 14.2 Å². The molecule has 0 radical (unpaired) electrons. The molecular weight excluding hydrogens is 311 g/mol. The smallest absolute Gasteiger partial charge is 0.332 e. The first kappa shape index (κ1) is 15.5. The zero-order valence-corrected chi connectivity index (χ0v) is 12.3. The molecule has 1 atom stereocenters. The van der Waals surface area contributed by atoms with Crippen LogP contribution in [0.25, 0.3) is 10.9 Å². The molecule has 0 spiro atoms. The predicted octanol–water partition coefficient (Wildman–Crippen LogP) is 2.04. The number of alkyl halides is 3. The molecule has 0 saturated carbocycles. The maximum absolute atomic E-state index is 12.5. The molecule has 1 aromatic carbocycles. The van der Waals surface area contributed by atoms with Crippen LogP contribution >= 0.6 is 0 Å². The van der Waals surface area contributed by atoms with Crippen LogP contribution in [0.5, 0.6) is 0 Å². The van der Waals surface area contributed by atoms with Crippen LogP contribution in [0.4, 0.5) is 13.2 Å². The van der Waals surface area contributed by atoms with Crippen LogP contribution in [0, 0.1) is 6.92 Å². The van der Waals surface area contributed by atoms with Crippen molar-refractivity contribution in [2.24, 2.45) is 0 Å².